The van der Waals surface area contributed by atoms with Gasteiger partial charge < -0.3 is 16.0 Å². The molecule has 0 saturated heterocycles. The maximum atomic E-state index is 12.3. The second kappa shape index (κ2) is 7.85. The molecule has 1 fully saturated rings. The number of hydrogen-bond donors (Lipinski definition) is 2. The van der Waals surface area contributed by atoms with E-state index < -0.39 is 0 Å². The first-order valence-electron chi connectivity index (χ1n) is 7.59. The Morgan fingerprint density at radius 2 is 1.84 bits per heavy atom. The molecule has 1 aliphatic rings. The number of rotatable bonds is 6. The first kappa shape index (κ1) is 16.4. The quantitative estimate of drug-likeness (QED) is 0.770. The van der Waals surface area contributed by atoms with Crippen LogP contribution in [-0.2, 0) is 4.79 Å². The largest absolute Gasteiger partial charge is 0.352 e. The monoisotopic (exact) mass is 269 g/mol. The van der Waals surface area contributed by atoms with Gasteiger partial charge in [0.1, 0.15) is 0 Å². The van der Waals surface area contributed by atoms with Crippen LogP contribution in [0, 0.1) is 11.8 Å². The third-order valence-electron chi connectivity index (χ3n) is 3.83. The zero-order chi connectivity index (χ0) is 14.4. The van der Waals surface area contributed by atoms with Crippen LogP contribution >= 0.6 is 0 Å². The van der Waals surface area contributed by atoms with Crippen LogP contribution in [0.5, 0.6) is 0 Å². The molecule has 0 aromatic carbocycles. The van der Waals surface area contributed by atoms with Gasteiger partial charge in [-0.15, -0.1) is 0 Å². The standard InChI is InChI=1S/C15H31N3O/c1-11(2)9-14(10-18(3)4)17-15(19)12-5-7-13(16)8-6-12/h11-14H,5-10,16H2,1-4H3,(H,17,19). The molecule has 19 heavy (non-hydrogen) atoms. The lowest BCUT2D eigenvalue weighted by molar-refractivity contribution is -0.126. The molecule has 4 nitrogen and oxygen atoms in total. The molecular formula is C15H31N3O. The Bertz CT molecular complexity index is 261. The van der Waals surface area contributed by atoms with E-state index in [1.54, 1.807) is 0 Å². The van der Waals surface area contributed by atoms with Gasteiger partial charge in [-0.25, -0.2) is 0 Å². The van der Waals surface area contributed by atoms with E-state index in [0.29, 0.717) is 12.0 Å². The van der Waals surface area contributed by atoms with Gasteiger partial charge in [-0.1, -0.05) is 13.8 Å². The van der Waals surface area contributed by atoms with E-state index in [9.17, 15) is 4.79 Å². The number of nitrogens with two attached hydrogens (primary N) is 1. The number of nitrogens with one attached hydrogen (secondary N) is 1. The molecule has 0 aromatic heterocycles. The zero-order valence-electron chi connectivity index (χ0n) is 13.0. The third kappa shape index (κ3) is 6.39. The number of nitrogens with zero attached hydrogens (tertiary/aromatic N) is 1. The van der Waals surface area contributed by atoms with Crippen molar-refractivity contribution in [2.45, 2.75) is 58.0 Å². The van der Waals surface area contributed by atoms with Crippen LogP contribution in [0.25, 0.3) is 0 Å². The van der Waals surface area contributed by atoms with E-state index in [1.165, 1.54) is 0 Å². The van der Waals surface area contributed by atoms with Crippen molar-refractivity contribution in [3.8, 4) is 0 Å². The van der Waals surface area contributed by atoms with E-state index in [2.05, 4.69) is 38.2 Å². The molecule has 0 aromatic rings. The molecular weight excluding hydrogens is 238 g/mol. The van der Waals surface area contributed by atoms with Crippen molar-refractivity contribution in [1.82, 2.24) is 10.2 Å². The number of likely N-dealkylation sites (N-methyl/N-ethyl adjacent to an activating group) is 1. The van der Waals surface area contributed by atoms with Crippen LogP contribution < -0.4 is 11.1 Å². The molecule has 1 aliphatic carbocycles. The van der Waals surface area contributed by atoms with Gasteiger partial charge in [0.2, 0.25) is 5.91 Å². The van der Waals surface area contributed by atoms with Crippen molar-refractivity contribution in [2.75, 3.05) is 20.6 Å². The fourth-order valence-electron chi connectivity index (χ4n) is 2.89. The lowest BCUT2D eigenvalue weighted by atomic mass is 9.85. The minimum absolute atomic E-state index is 0.177. The van der Waals surface area contributed by atoms with Crippen molar-refractivity contribution in [3.05, 3.63) is 0 Å². The van der Waals surface area contributed by atoms with Crippen LogP contribution in [0.15, 0.2) is 0 Å². The molecule has 4 heteroatoms. The highest BCUT2D eigenvalue weighted by Crippen LogP contribution is 2.23. The molecule has 3 N–H and O–H groups in total. The van der Waals surface area contributed by atoms with Crippen LogP contribution in [0.1, 0.15) is 46.0 Å². The smallest absolute Gasteiger partial charge is 0.223 e. The van der Waals surface area contributed by atoms with Crippen molar-refractivity contribution in [2.24, 2.45) is 17.6 Å². The zero-order valence-corrected chi connectivity index (χ0v) is 13.0. The number of hydrogen-bond acceptors (Lipinski definition) is 3. The summed E-state index contributed by atoms with van der Waals surface area (Å²) in [7, 11) is 4.11. The van der Waals surface area contributed by atoms with Gasteiger partial charge in [-0.3, -0.25) is 4.79 Å². The van der Waals surface area contributed by atoms with E-state index in [1.807, 2.05) is 0 Å². The fraction of sp³-hybridized carbons (Fsp3) is 0.933. The number of carbonyl (C=O) groups excluding carboxylic acids is 1. The highest BCUT2D eigenvalue weighted by molar-refractivity contribution is 5.79. The summed E-state index contributed by atoms with van der Waals surface area (Å²) in [6, 6.07) is 0.565. The average molecular weight is 269 g/mol. The van der Waals surface area contributed by atoms with Gasteiger partial charge in [-0.2, -0.15) is 0 Å². The molecule has 112 valence electrons. The van der Waals surface area contributed by atoms with E-state index in [-0.39, 0.29) is 17.9 Å². The Morgan fingerprint density at radius 1 is 1.26 bits per heavy atom. The first-order valence-corrected chi connectivity index (χ1v) is 7.59. The lowest BCUT2D eigenvalue weighted by Crippen LogP contribution is -2.46. The second-order valence-corrected chi connectivity index (χ2v) is 6.71. The Kier molecular flexibility index (Phi) is 6.80. The van der Waals surface area contributed by atoms with Gasteiger partial charge in [-0.05, 0) is 52.1 Å². The van der Waals surface area contributed by atoms with E-state index >= 15 is 0 Å². The fourth-order valence-corrected chi connectivity index (χ4v) is 2.89. The van der Waals surface area contributed by atoms with E-state index in [4.69, 9.17) is 5.73 Å². The van der Waals surface area contributed by atoms with Crippen molar-refractivity contribution >= 4 is 5.91 Å². The highest BCUT2D eigenvalue weighted by atomic mass is 16.1. The van der Waals surface area contributed by atoms with Gasteiger partial charge in [0.05, 0.1) is 0 Å². The minimum atomic E-state index is 0.177. The Balaban J connectivity index is 2.45. The molecule has 0 bridgehead atoms. The van der Waals surface area contributed by atoms with Crippen molar-refractivity contribution < 1.29 is 4.79 Å². The molecule has 1 rings (SSSR count). The summed E-state index contributed by atoms with van der Waals surface area (Å²) in [5.74, 6) is 1.01. The lowest BCUT2D eigenvalue weighted by Gasteiger charge is -2.29. The van der Waals surface area contributed by atoms with Crippen molar-refractivity contribution in [1.29, 1.82) is 0 Å². The summed E-state index contributed by atoms with van der Waals surface area (Å²) in [5, 5.41) is 3.24. The summed E-state index contributed by atoms with van der Waals surface area (Å²) >= 11 is 0. The topological polar surface area (TPSA) is 58.4 Å². The molecule has 1 amide bonds. The molecule has 0 spiro atoms. The molecule has 0 aliphatic heterocycles. The number of amides is 1. The molecule has 1 atom stereocenters. The predicted molar refractivity (Wildman–Crippen MR) is 79.9 cm³/mol. The number of carbonyl (C=O) groups is 1. The Hall–Kier alpha value is -0.610. The van der Waals surface area contributed by atoms with Crippen LogP contribution in [-0.4, -0.2) is 43.5 Å². The maximum Gasteiger partial charge on any atom is 0.223 e. The van der Waals surface area contributed by atoms with Crippen LogP contribution in [0.3, 0.4) is 0 Å². The summed E-state index contributed by atoms with van der Waals surface area (Å²) < 4.78 is 0. The molecule has 0 radical (unpaired) electrons. The minimum Gasteiger partial charge on any atom is -0.352 e. The van der Waals surface area contributed by atoms with Gasteiger partial charge in [0.25, 0.3) is 0 Å². The first-order chi connectivity index (χ1) is 8.88. The average Bonchev–Trinajstić information content (AvgIpc) is 2.27. The van der Waals surface area contributed by atoms with Gasteiger partial charge in [0.15, 0.2) is 0 Å². The predicted octanol–water partition coefficient (Wildman–Crippen LogP) is 1.60. The maximum absolute atomic E-state index is 12.3. The third-order valence-corrected chi connectivity index (χ3v) is 3.83. The van der Waals surface area contributed by atoms with Crippen LogP contribution in [0.2, 0.25) is 0 Å². The normalized spacial score (nSPS) is 25.6. The SMILES string of the molecule is CC(C)CC(CN(C)C)NC(=O)C1CCC(N)CC1. The van der Waals surface area contributed by atoms with Gasteiger partial charge in [0, 0.05) is 24.5 Å². The summed E-state index contributed by atoms with van der Waals surface area (Å²) in [6.45, 7) is 5.32. The molecule has 0 heterocycles. The summed E-state index contributed by atoms with van der Waals surface area (Å²) in [4.78, 5) is 14.5. The van der Waals surface area contributed by atoms with Crippen molar-refractivity contribution in [3.63, 3.8) is 0 Å². The Labute approximate surface area is 118 Å². The van der Waals surface area contributed by atoms with Crippen LogP contribution in [0.4, 0.5) is 0 Å². The van der Waals surface area contributed by atoms with Gasteiger partial charge >= 0.3 is 0 Å². The highest BCUT2D eigenvalue weighted by Gasteiger charge is 2.26. The van der Waals surface area contributed by atoms with E-state index in [0.717, 1.165) is 38.6 Å². The molecule has 1 saturated carbocycles. The molecule has 1 unspecified atom stereocenters. The summed E-state index contributed by atoms with van der Waals surface area (Å²) in [6.07, 6.45) is 4.91. The Morgan fingerprint density at radius 3 is 2.32 bits per heavy atom. The summed E-state index contributed by atoms with van der Waals surface area (Å²) in [5.41, 5.74) is 5.89. The second-order valence-electron chi connectivity index (χ2n) is 6.71.